The van der Waals surface area contributed by atoms with E-state index in [0.29, 0.717) is 23.3 Å². The molecule has 17 heavy (non-hydrogen) atoms. The maximum absolute atomic E-state index is 6.08. The minimum absolute atomic E-state index is 0.407. The zero-order valence-electron chi connectivity index (χ0n) is 9.85. The van der Waals surface area contributed by atoms with E-state index < -0.39 is 0 Å². The van der Waals surface area contributed by atoms with Gasteiger partial charge in [0.2, 0.25) is 0 Å². The molecule has 2 aliphatic rings. The molecule has 3 nitrogen and oxygen atoms in total. The lowest BCUT2D eigenvalue weighted by molar-refractivity contribution is 0.120. The highest BCUT2D eigenvalue weighted by molar-refractivity contribution is 6.29. The van der Waals surface area contributed by atoms with Crippen molar-refractivity contribution in [3.8, 4) is 0 Å². The van der Waals surface area contributed by atoms with Crippen LogP contribution in [0, 0.1) is 0 Å². The molecule has 2 saturated heterocycles. The Morgan fingerprint density at radius 1 is 1.35 bits per heavy atom. The Hall–Kier alpha value is -0.640. The maximum atomic E-state index is 6.08. The first-order valence-electron chi connectivity index (χ1n) is 6.34. The van der Waals surface area contributed by atoms with E-state index in [2.05, 4.69) is 16.0 Å². The molecule has 2 N–H and O–H groups in total. The number of halogens is 1. The lowest BCUT2D eigenvalue weighted by atomic mass is 9.97. The van der Waals surface area contributed by atoms with Gasteiger partial charge in [-0.3, -0.25) is 4.90 Å². The van der Waals surface area contributed by atoms with E-state index in [4.69, 9.17) is 17.3 Å². The molecule has 3 heterocycles. The number of nitrogens with zero attached hydrogens (tertiary/aromatic N) is 2. The Labute approximate surface area is 107 Å². The molecule has 2 unspecified atom stereocenters. The van der Waals surface area contributed by atoms with Crippen molar-refractivity contribution >= 4 is 11.6 Å². The van der Waals surface area contributed by atoms with Crippen molar-refractivity contribution in [3.63, 3.8) is 0 Å². The van der Waals surface area contributed by atoms with Crippen LogP contribution < -0.4 is 5.73 Å². The van der Waals surface area contributed by atoms with Crippen LogP contribution in [0.4, 0.5) is 0 Å². The standard InChI is InChI=1S/C13H18ClN3/c14-13-5-9(3-4-16-13)8-17-11-1-2-12(17)7-10(15)6-11/h3-5,10-12H,1-2,6-8,15H2. The second-order valence-electron chi connectivity index (χ2n) is 5.28. The summed E-state index contributed by atoms with van der Waals surface area (Å²) in [6.45, 7) is 0.990. The largest absolute Gasteiger partial charge is 0.328 e. The van der Waals surface area contributed by atoms with Crippen LogP contribution in [0.1, 0.15) is 31.2 Å². The molecule has 0 aromatic carbocycles. The number of aromatic nitrogens is 1. The molecule has 4 heteroatoms. The van der Waals surface area contributed by atoms with Crippen LogP contribution in [-0.4, -0.2) is 28.0 Å². The fourth-order valence-corrected chi connectivity index (χ4v) is 3.52. The van der Waals surface area contributed by atoms with E-state index in [1.54, 1.807) is 6.20 Å². The second kappa shape index (κ2) is 4.56. The summed E-state index contributed by atoms with van der Waals surface area (Å²) < 4.78 is 0. The highest BCUT2D eigenvalue weighted by Gasteiger charge is 2.39. The number of nitrogens with two attached hydrogens (primary N) is 1. The first-order chi connectivity index (χ1) is 8.22. The fourth-order valence-electron chi connectivity index (χ4n) is 3.33. The molecule has 2 atom stereocenters. The smallest absolute Gasteiger partial charge is 0.129 e. The van der Waals surface area contributed by atoms with Gasteiger partial charge >= 0.3 is 0 Å². The molecule has 3 rings (SSSR count). The van der Waals surface area contributed by atoms with Crippen LogP contribution in [-0.2, 0) is 6.54 Å². The molecule has 0 radical (unpaired) electrons. The van der Waals surface area contributed by atoms with Crippen LogP contribution >= 0.6 is 11.6 Å². The van der Waals surface area contributed by atoms with Gasteiger partial charge in [0.1, 0.15) is 5.15 Å². The van der Waals surface area contributed by atoms with Gasteiger partial charge in [-0.2, -0.15) is 0 Å². The number of hydrogen-bond donors (Lipinski definition) is 1. The summed E-state index contributed by atoms with van der Waals surface area (Å²) >= 11 is 5.92. The van der Waals surface area contributed by atoms with E-state index in [0.717, 1.165) is 19.4 Å². The van der Waals surface area contributed by atoms with E-state index in [1.165, 1.54) is 18.4 Å². The number of pyridine rings is 1. The molecule has 0 aliphatic carbocycles. The van der Waals surface area contributed by atoms with Crippen molar-refractivity contribution in [2.45, 2.75) is 50.4 Å². The van der Waals surface area contributed by atoms with Crippen LogP contribution in [0.3, 0.4) is 0 Å². The van der Waals surface area contributed by atoms with Gasteiger partial charge < -0.3 is 5.73 Å². The summed E-state index contributed by atoms with van der Waals surface area (Å²) in [6.07, 6.45) is 6.69. The van der Waals surface area contributed by atoms with Gasteiger partial charge in [0, 0.05) is 30.9 Å². The molecule has 92 valence electrons. The van der Waals surface area contributed by atoms with Crippen molar-refractivity contribution < 1.29 is 0 Å². The van der Waals surface area contributed by atoms with Crippen LogP contribution in [0.2, 0.25) is 5.15 Å². The van der Waals surface area contributed by atoms with Gasteiger partial charge in [-0.15, -0.1) is 0 Å². The SMILES string of the molecule is NC1CC2CCC(C1)N2Cc1ccnc(Cl)c1. The molecular formula is C13H18ClN3. The summed E-state index contributed by atoms with van der Waals surface area (Å²) in [5.74, 6) is 0. The third kappa shape index (κ3) is 2.32. The molecule has 2 aliphatic heterocycles. The Kier molecular flexibility index (Phi) is 3.07. The quantitative estimate of drug-likeness (QED) is 0.820. The minimum atomic E-state index is 0.407. The van der Waals surface area contributed by atoms with Gasteiger partial charge in [-0.1, -0.05) is 11.6 Å². The van der Waals surface area contributed by atoms with Gasteiger partial charge in [0.25, 0.3) is 0 Å². The number of hydrogen-bond acceptors (Lipinski definition) is 3. The van der Waals surface area contributed by atoms with Crippen molar-refractivity contribution in [3.05, 3.63) is 29.0 Å². The Morgan fingerprint density at radius 3 is 2.71 bits per heavy atom. The molecule has 0 spiro atoms. The predicted octanol–water partition coefficient (Wildman–Crippen LogP) is 2.19. The van der Waals surface area contributed by atoms with Gasteiger partial charge in [0.15, 0.2) is 0 Å². The second-order valence-corrected chi connectivity index (χ2v) is 5.66. The van der Waals surface area contributed by atoms with Crippen molar-refractivity contribution in [2.24, 2.45) is 5.73 Å². The monoisotopic (exact) mass is 251 g/mol. The van der Waals surface area contributed by atoms with E-state index in [-0.39, 0.29) is 0 Å². The predicted molar refractivity (Wildman–Crippen MR) is 68.8 cm³/mol. The number of fused-ring (bicyclic) bond motifs is 2. The maximum Gasteiger partial charge on any atom is 0.129 e. The normalized spacial score (nSPS) is 32.9. The van der Waals surface area contributed by atoms with Crippen molar-refractivity contribution in [2.75, 3.05) is 0 Å². The van der Waals surface area contributed by atoms with E-state index >= 15 is 0 Å². The summed E-state index contributed by atoms with van der Waals surface area (Å²) in [6, 6.07) is 5.78. The Morgan fingerprint density at radius 2 is 2.06 bits per heavy atom. The third-order valence-corrected chi connectivity index (χ3v) is 4.28. The molecule has 1 aromatic rings. The van der Waals surface area contributed by atoms with E-state index in [9.17, 15) is 0 Å². The van der Waals surface area contributed by atoms with Crippen LogP contribution in [0.15, 0.2) is 18.3 Å². The van der Waals surface area contributed by atoms with Gasteiger partial charge in [-0.25, -0.2) is 4.98 Å². The minimum Gasteiger partial charge on any atom is -0.328 e. The molecular weight excluding hydrogens is 234 g/mol. The molecule has 1 aromatic heterocycles. The van der Waals surface area contributed by atoms with E-state index in [1.807, 2.05) is 6.07 Å². The van der Waals surface area contributed by atoms with Crippen molar-refractivity contribution in [1.29, 1.82) is 0 Å². The molecule has 2 fully saturated rings. The summed E-state index contributed by atoms with van der Waals surface area (Å²) in [5, 5.41) is 0.587. The summed E-state index contributed by atoms with van der Waals surface area (Å²) in [5.41, 5.74) is 7.34. The summed E-state index contributed by atoms with van der Waals surface area (Å²) in [4.78, 5) is 6.63. The Bertz CT molecular complexity index is 395. The average molecular weight is 252 g/mol. The fraction of sp³-hybridized carbons (Fsp3) is 0.615. The van der Waals surface area contributed by atoms with Crippen molar-refractivity contribution in [1.82, 2.24) is 9.88 Å². The third-order valence-electron chi connectivity index (χ3n) is 4.08. The average Bonchev–Trinajstić information content (AvgIpc) is 2.54. The van der Waals surface area contributed by atoms with Crippen LogP contribution in [0.25, 0.3) is 0 Å². The highest BCUT2D eigenvalue weighted by Crippen LogP contribution is 2.36. The number of piperidine rings is 1. The van der Waals surface area contributed by atoms with Gasteiger partial charge in [-0.05, 0) is 43.4 Å². The lowest BCUT2D eigenvalue weighted by Gasteiger charge is -2.37. The first-order valence-corrected chi connectivity index (χ1v) is 6.72. The topological polar surface area (TPSA) is 42.1 Å². The summed E-state index contributed by atoms with van der Waals surface area (Å²) in [7, 11) is 0. The zero-order valence-corrected chi connectivity index (χ0v) is 10.6. The highest BCUT2D eigenvalue weighted by atomic mass is 35.5. The molecule has 0 saturated carbocycles. The lowest BCUT2D eigenvalue weighted by Crippen LogP contribution is -2.46. The first kappa shape index (κ1) is 11.5. The van der Waals surface area contributed by atoms with Gasteiger partial charge in [0.05, 0.1) is 0 Å². The van der Waals surface area contributed by atoms with Crippen LogP contribution in [0.5, 0.6) is 0 Å². The Balaban J connectivity index is 1.74. The molecule has 2 bridgehead atoms. The zero-order chi connectivity index (χ0) is 11.8. The number of rotatable bonds is 2. The molecule has 0 amide bonds.